The van der Waals surface area contributed by atoms with E-state index in [-0.39, 0.29) is 12.5 Å². The van der Waals surface area contributed by atoms with Crippen LogP contribution >= 0.6 is 0 Å². The average molecular weight is 186 g/mol. The second kappa shape index (κ2) is 4.58. The second-order valence-electron chi connectivity index (χ2n) is 3.60. The maximum absolute atomic E-state index is 11.4. The fourth-order valence-electron chi connectivity index (χ4n) is 1.49. The molecule has 1 fully saturated rings. The number of rotatable bonds is 2. The van der Waals surface area contributed by atoms with Gasteiger partial charge in [0.1, 0.15) is 6.61 Å². The molecule has 0 aromatic carbocycles. The van der Waals surface area contributed by atoms with Gasteiger partial charge in [-0.3, -0.25) is 4.79 Å². The van der Waals surface area contributed by atoms with E-state index in [0.717, 1.165) is 19.6 Å². The molecule has 0 aliphatic carbocycles. The van der Waals surface area contributed by atoms with Gasteiger partial charge in [0.25, 0.3) is 0 Å². The van der Waals surface area contributed by atoms with E-state index in [1.54, 1.807) is 7.11 Å². The standard InChI is InChI=1S/C9H18N2O2/c1-8-6-11(5-4-10(8)2)9(12)7-13-3/h8H,4-7H2,1-3H3. The third-order valence-electron chi connectivity index (χ3n) is 2.58. The largest absolute Gasteiger partial charge is 0.375 e. The average Bonchev–Trinajstić information content (AvgIpc) is 2.10. The van der Waals surface area contributed by atoms with Gasteiger partial charge in [-0.25, -0.2) is 0 Å². The summed E-state index contributed by atoms with van der Waals surface area (Å²) in [5, 5.41) is 0. The van der Waals surface area contributed by atoms with E-state index in [1.165, 1.54) is 0 Å². The summed E-state index contributed by atoms with van der Waals surface area (Å²) in [6.45, 7) is 4.93. The predicted molar refractivity (Wildman–Crippen MR) is 50.5 cm³/mol. The Labute approximate surface area is 79.4 Å². The number of piperazine rings is 1. The van der Waals surface area contributed by atoms with Gasteiger partial charge in [0.2, 0.25) is 5.91 Å². The Morgan fingerprint density at radius 1 is 1.54 bits per heavy atom. The third kappa shape index (κ3) is 2.67. The number of amides is 1. The monoisotopic (exact) mass is 186 g/mol. The molecule has 0 N–H and O–H groups in total. The normalized spacial score (nSPS) is 24.8. The number of methoxy groups -OCH3 is 1. The Kier molecular flexibility index (Phi) is 3.69. The van der Waals surface area contributed by atoms with Crippen molar-refractivity contribution in [2.45, 2.75) is 13.0 Å². The number of nitrogens with zero attached hydrogens (tertiary/aromatic N) is 2. The van der Waals surface area contributed by atoms with Crippen molar-refractivity contribution in [2.24, 2.45) is 0 Å². The molecular weight excluding hydrogens is 168 g/mol. The van der Waals surface area contributed by atoms with Gasteiger partial charge in [0.15, 0.2) is 0 Å². The van der Waals surface area contributed by atoms with Crippen molar-refractivity contribution in [3.63, 3.8) is 0 Å². The summed E-state index contributed by atoms with van der Waals surface area (Å²) in [6, 6.07) is 0.453. The predicted octanol–water partition coefficient (Wildman–Crippen LogP) is -0.205. The van der Waals surface area contributed by atoms with Gasteiger partial charge in [-0.2, -0.15) is 0 Å². The highest BCUT2D eigenvalue weighted by Gasteiger charge is 2.23. The van der Waals surface area contributed by atoms with Crippen LogP contribution in [0, 0.1) is 0 Å². The lowest BCUT2D eigenvalue weighted by Crippen LogP contribution is -2.52. The molecule has 4 heteroatoms. The molecule has 1 aliphatic heterocycles. The fraction of sp³-hybridized carbons (Fsp3) is 0.889. The number of carbonyl (C=O) groups is 1. The zero-order valence-electron chi connectivity index (χ0n) is 8.62. The lowest BCUT2D eigenvalue weighted by atomic mass is 10.2. The summed E-state index contributed by atoms with van der Waals surface area (Å²) >= 11 is 0. The van der Waals surface area contributed by atoms with Crippen molar-refractivity contribution in [3.8, 4) is 0 Å². The van der Waals surface area contributed by atoms with E-state index in [4.69, 9.17) is 4.74 Å². The van der Waals surface area contributed by atoms with Gasteiger partial charge in [-0.1, -0.05) is 0 Å². The first-order valence-corrected chi connectivity index (χ1v) is 4.62. The van der Waals surface area contributed by atoms with Crippen LogP contribution in [0.1, 0.15) is 6.92 Å². The fourth-order valence-corrected chi connectivity index (χ4v) is 1.49. The highest BCUT2D eigenvalue weighted by Crippen LogP contribution is 2.06. The first-order chi connectivity index (χ1) is 6.15. The molecule has 1 rings (SSSR count). The Morgan fingerprint density at radius 3 is 2.77 bits per heavy atom. The molecule has 0 saturated carbocycles. The highest BCUT2D eigenvalue weighted by atomic mass is 16.5. The summed E-state index contributed by atoms with van der Waals surface area (Å²) in [4.78, 5) is 15.6. The molecule has 76 valence electrons. The number of hydrogen-bond donors (Lipinski definition) is 0. The van der Waals surface area contributed by atoms with Crippen LogP contribution in [-0.2, 0) is 9.53 Å². The molecule has 1 atom stereocenters. The zero-order valence-corrected chi connectivity index (χ0v) is 8.62. The van der Waals surface area contributed by atoms with Gasteiger partial charge < -0.3 is 14.5 Å². The Morgan fingerprint density at radius 2 is 2.23 bits per heavy atom. The molecule has 4 nitrogen and oxygen atoms in total. The van der Waals surface area contributed by atoms with Crippen LogP contribution in [0.3, 0.4) is 0 Å². The third-order valence-corrected chi connectivity index (χ3v) is 2.58. The molecule has 1 aliphatic rings. The molecule has 13 heavy (non-hydrogen) atoms. The van der Waals surface area contributed by atoms with Crippen LogP contribution in [-0.4, -0.2) is 62.1 Å². The molecule has 1 amide bonds. The number of carbonyl (C=O) groups excluding carboxylic acids is 1. The van der Waals surface area contributed by atoms with Crippen molar-refractivity contribution >= 4 is 5.91 Å². The summed E-state index contributed by atoms with van der Waals surface area (Å²) in [6.07, 6.45) is 0. The minimum atomic E-state index is 0.0995. The summed E-state index contributed by atoms with van der Waals surface area (Å²) < 4.78 is 4.81. The molecule has 1 saturated heterocycles. The van der Waals surface area contributed by atoms with Crippen LogP contribution < -0.4 is 0 Å². The Bertz CT molecular complexity index is 184. The van der Waals surface area contributed by atoms with Crippen LogP contribution in [0.25, 0.3) is 0 Å². The molecule has 0 radical (unpaired) electrons. The van der Waals surface area contributed by atoms with E-state index in [2.05, 4.69) is 18.9 Å². The zero-order chi connectivity index (χ0) is 9.84. The van der Waals surface area contributed by atoms with Crippen molar-refractivity contribution in [3.05, 3.63) is 0 Å². The van der Waals surface area contributed by atoms with Crippen LogP contribution in [0.5, 0.6) is 0 Å². The number of hydrogen-bond acceptors (Lipinski definition) is 3. The van der Waals surface area contributed by atoms with Gasteiger partial charge in [0, 0.05) is 32.8 Å². The maximum Gasteiger partial charge on any atom is 0.248 e. The highest BCUT2D eigenvalue weighted by molar-refractivity contribution is 5.77. The van der Waals surface area contributed by atoms with E-state index in [0.29, 0.717) is 6.04 Å². The first-order valence-electron chi connectivity index (χ1n) is 4.62. The lowest BCUT2D eigenvalue weighted by molar-refractivity contribution is -0.137. The number of ether oxygens (including phenoxy) is 1. The summed E-state index contributed by atoms with van der Waals surface area (Å²) in [7, 11) is 3.64. The van der Waals surface area contributed by atoms with E-state index in [1.807, 2.05) is 4.90 Å². The molecular formula is C9H18N2O2. The van der Waals surface area contributed by atoms with Crippen LogP contribution in [0.2, 0.25) is 0 Å². The lowest BCUT2D eigenvalue weighted by Gasteiger charge is -2.37. The Hall–Kier alpha value is -0.610. The van der Waals surface area contributed by atoms with Crippen molar-refractivity contribution in [2.75, 3.05) is 40.4 Å². The van der Waals surface area contributed by atoms with Gasteiger partial charge in [0.05, 0.1) is 0 Å². The Balaban J connectivity index is 2.40. The van der Waals surface area contributed by atoms with Crippen LogP contribution in [0.4, 0.5) is 0 Å². The SMILES string of the molecule is COCC(=O)N1CCN(C)C(C)C1. The first kappa shape index (κ1) is 10.5. The van der Waals surface area contributed by atoms with E-state index < -0.39 is 0 Å². The molecule has 1 heterocycles. The minimum Gasteiger partial charge on any atom is -0.375 e. The summed E-state index contributed by atoms with van der Waals surface area (Å²) in [5.74, 6) is 0.0995. The van der Waals surface area contributed by atoms with Gasteiger partial charge >= 0.3 is 0 Å². The van der Waals surface area contributed by atoms with E-state index in [9.17, 15) is 4.79 Å². The molecule has 0 spiro atoms. The second-order valence-corrected chi connectivity index (χ2v) is 3.60. The van der Waals surface area contributed by atoms with Crippen LogP contribution in [0.15, 0.2) is 0 Å². The smallest absolute Gasteiger partial charge is 0.248 e. The van der Waals surface area contributed by atoms with E-state index >= 15 is 0 Å². The van der Waals surface area contributed by atoms with Gasteiger partial charge in [-0.15, -0.1) is 0 Å². The van der Waals surface area contributed by atoms with Gasteiger partial charge in [-0.05, 0) is 14.0 Å². The molecule has 0 aromatic heterocycles. The molecule has 0 aromatic rings. The molecule has 1 unspecified atom stereocenters. The topological polar surface area (TPSA) is 32.8 Å². The number of likely N-dealkylation sites (N-methyl/N-ethyl adjacent to an activating group) is 1. The summed E-state index contributed by atoms with van der Waals surface area (Å²) in [5.41, 5.74) is 0. The van der Waals surface area contributed by atoms with Crippen molar-refractivity contribution in [1.82, 2.24) is 9.80 Å². The quantitative estimate of drug-likeness (QED) is 0.598. The maximum atomic E-state index is 11.4. The minimum absolute atomic E-state index is 0.0995. The van der Waals surface area contributed by atoms with Crippen molar-refractivity contribution in [1.29, 1.82) is 0 Å². The van der Waals surface area contributed by atoms with Crippen molar-refractivity contribution < 1.29 is 9.53 Å². The molecule has 0 bridgehead atoms.